The van der Waals surface area contributed by atoms with E-state index in [2.05, 4.69) is 5.32 Å². The summed E-state index contributed by atoms with van der Waals surface area (Å²) in [4.78, 5) is 22.6. The van der Waals surface area contributed by atoms with Gasteiger partial charge in [0.1, 0.15) is 10.6 Å². The van der Waals surface area contributed by atoms with Crippen molar-refractivity contribution < 1.29 is 14.5 Å². The maximum atomic E-state index is 12.3. The zero-order valence-electron chi connectivity index (χ0n) is 13.6. The Labute approximate surface area is 154 Å². The van der Waals surface area contributed by atoms with Gasteiger partial charge in [-0.1, -0.05) is 35.3 Å². The van der Waals surface area contributed by atoms with E-state index in [4.69, 9.17) is 27.9 Å². The predicted molar refractivity (Wildman–Crippen MR) is 96.3 cm³/mol. The summed E-state index contributed by atoms with van der Waals surface area (Å²) in [6.07, 6.45) is 0. The molecule has 0 radical (unpaired) electrons. The van der Waals surface area contributed by atoms with Crippen LogP contribution in [0.15, 0.2) is 42.5 Å². The molecule has 132 valence electrons. The summed E-state index contributed by atoms with van der Waals surface area (Å²) in [5.74, 6) is -0.468. The fraction of sp³-hybridized carbons (Fsp3) is 0.235. The van der Waals surface area contributed by atoms with Gasteiger partial charge < -0.3 is 10.1 Å². The second-order valence-corrected chi connectivity index (χ2v) is 6.39. The van der Waals surface area contributed by atoms with Crippen LogP contribution < -0.4 is 5.32 Å². The van der Waals surface area contributed by atoms with Crippen molar-refractivity contribution >= 4 is 34.8 Å². The van der Waals surface area contributed by atoms with Crippen LogP contribution in [-0.4, -0.2) is 24.5 Å². The smallest absolute Gasteiger partial charge is 0.288 e. The lowest BCUT2D eigenvalue weighted by Gasteiger charge is -2.29. The molecular formula is C17H16Cl2N2O4. The minimum Gasteiger partial charge on any atom is -0.372 e. The first-order valence-electron chi connectivity index (χ1n) is 7.30. The van der Waals surface area contributed by atoms with Gasteiger partial charge in [-0.2, -0.15) is 0 Å². The summed E-state index contributed by atoms with van der Waals surface area (Å²) in [6, 6.07) is 11.0. The Morgan fingerprint density at radius 3 is 2.60 bits per heavy atom. The van der Waals surface area contributed by atoms with E-state index in [1.165, 1.54) is 19.2 Å². The van der Waals surface area contributed by atoms with Gasteiger partial charge in [0.25, 0.3) is 11.6 Å². The Morgan fingerprint density at radius 2 is 2.00 bits per heavy atom. The molecule has 0 saturated carbocycles. The third-order valence-electron chi connectivity index (χ3n) is 3.88. The third kappa shape index (κ3) is 4.48. The number of ether oxygens (including phenoxy) is 1. The molecule has 1 N–H and O–H groups in total. The lowest BCUT2D eigenvalue weighted by atomic mass is 9.95. The van der Waals surface area contributed by atoms with Gasteiger partial charge in [0.2, 0.25) is 0 Å². The highest BCUT2D eigenvalue weighted by molar-refractivity contribution is 6.32. The van der Waals surface area contributed by atoms with Crippen LogP contribution in [0, 0.1) is 10.1 Å². The summed E-state index contributed by atoms with van der Waals surface area (Å²) >= 11 is 11.8. The number of nitro groups is 1. The maximum absolute atomic E-state index is 12.3. The van der Waals surface area contributed by atoms with Gasteiger partial charge in [0.05, 0.1) is 11.5 Å². The third-order valence-corrected chi connectivity index (χ3v) is 4.43. The van der Waals surface area contributed by atoms with Crippen LogP contribution >= 0.6 is 23.2 Å². The molecule has 0 aliphatic heterocycles. The molecule has 0 spiro atoms. The summed E-state index contributed by atoms with van der Waals surface area (Å²) in [6.45, 7) is 1.96. The van der Waals surface area contributed by atoms with E-state index in [-0.39, 0.29) is 22.8 Å². The first kappa shape index (κ1) is 19.2. The van der Waals surface area contributed by atoms with Gasteiger partial charge in [0, 0.05) is 23.8 Å². The number of carbonyl (C=O) groups excluding carboxylic acids is 1. The number of nitrogens with one attached hydrogen (secondary N) is 1. The summed E-state index contributed by atoms with van der Waals surface area (Å²) in [5, 5.41) is 14.2. The fourth-order valence-corrected chi connectivity index (χ4v) is 2.63. The largest absolute Gasteiger partial charge is 0.372 e. The Morgan fingerprint density at radius 1 is 1.28 bits per heavy atom. The number of amides is 1. The van der Waals surface area contributed by atoms with Crippen molar-refractivity contribution in [2.75, 3.05) is 13.7 Å². The molecule has 0 aliphatic rings. The molecule has 2 aromatic carbocycles. The Hall–Kier alpha value is -2.15. The number of nitrogens with zero attached hydrogens (tertiary/aromatic N) is 1. The summed E-state index contributed by atoms with van der Waals surface area (Å²) < 4.78 is 5.54. The Kier molecular flexibility index (Phi) is 6.00. The van der Waals surface area contributed by atoms with Crippen LogP contribution in [0.4, 0.5) is 5.69 Å². The molecule has 0 heterocycles. The van der Waals surface area contributed by atoms with E-state index >= 15 is 0 Å². The molecule has 8 heteroatoms. The van der Waals surface area contributed by atoms with Gasteiger partial charge in [-0.15, -0.1) is 0 Å². The normalized spacial score (nSPS) is 13.1. The van der Waals surface area contributed by atoms with Gasteiger partial charge in [-0.25, -0.2) is 0 Å². The number of methoxy groups -OCH3 is 1. The van der Waals surface area contributed by atoms with Crippen molar-refractivity contribution in [1.82, 2.24) is 5.32 Å². The lowest BCUT2D eigenvalue weighted by Crippen LogP contribution is -2.40. The maximum Gasteiger partial charge on any atom is 0.288 e. The zero-order valence-corrected chi connectivity index (χ0v) is 15.1. The fourth-order valence-electron chi connectivity index (χ4n) is 2.25. The Bertz CT molecular complexity index is 813. The van der Waals surface area contributed by atoms with Crippen molar-refractivity contribution in [3.63, 3.8) is 0 Å². The molecule has 6 nitrogen and oxygen atoms in total. The second kappa shape index (κ2) is 7.82. The van der Waals surface area contributed by atoms with Crippen LogP contribution in [0.25, 0.3) is 0 Å². The quantitative estimate of drug-likeness (QED) is 0.599. The topological polar surface area (TPSA) is 81.5 Å². The van der Waals surface area contributed by atoms with E-state index < -0.39 is 16.4 Å². The van der Waals surface area contributed by atoms with E-state index in [0.29, 0.717) is 5.02 Å². The van der Waals surface area contributed by atoms with Crippen molar-refractivity contribution in [3.8, 4) is 0 Å². The molecule has 0 aromatic heterocycles. The first-order valence-corrected chi connectivity index (χ1v) is 8.06. The molecule has 0 saturated heterocycles. The minimum atomic E-state index is -0.807. The average molecular weight is 383 g/mol. The standard InChI is InChI=1S/C17H16Cl2N2O4/c1-17(25-2,12-4-3-5-13(18)9-12)10-20-16(22)11-6-7-14(19)15(8-11)21(23)24/h3-9H,10H2,1-2H3,(H,20,22). The number of benzene rings is 2. The SMILES string of the molecule is COC(C)(CNC(=O)c1ccc(Cl)c([N+](=O)[O-])c1)c1cccc(Cl)c1. The minimum absolute atomic E-state index is 0.0257. The van der Waals surface area contributed by atoms with Gasteiger partial charge in [-0.3, -0.25) is 14.9 Å². The zero-order chi connectivity index (χ0) is 18.6. The molecule has 0 aliphatic carbocycles. The molecule has 0 bridgehead atoms. The monoisotopic (exact) mass is 382 g/mol. The van der Waals surface area contributed by atoms with Gasteiger partial charge in [-0.05, 0) is 36.8 Å². The second-order valence-electron chi connectivity index (χ2n) is 5.55. The van der Waals surface area contributed by atoms with Crippen LogP contribution in [0.5, 0.6) is 0 Å². The summed E-state index contributed by atoms with van der Waals surface area (Å²) in [5.41, 5.74) is -0.192. The lowest BCUT2D eigenvalue weighted by molar-refractivity contribution is -0.384. The highest BCUT2D eigenvalue weighted by Gasteiger charge is 2.27. The molecule has 2 rings (SSSR count). The molecule has 1 unspecified atom stereocenters. The molecule has 0 fully saturated rings. The number of hydrogen-bond donors (Lipinski definition) is 1. The average Bonchev–Trinajstić information content (AvgIpc) is 2.59. The van der Waals surface area contributed by atoms with Crippen molar-refractivity contribution in [2.45, 2.75) is 12.5 Å². The molecule has 2 aromatic rings. The number of hydrogen-bond acceptors (Lipinski definition) is 4. The van der Waals surface area contributed by atoms with Crippen LogP contribution in [0.3, 0.4) is 0 Å². The highest BCUT2D eigenvalue weighted by atomic mass is 35.5. The van der Waals surface area contributed by atoms with E-state index in [0.717, 1.165) is 11.6 Å². The Balaban J connectivity index is 2.17. The van der Waals surface area contributed by atoms with Crippen molar-refractivity contribution in [2.24, 2.45) is 0 Å². The van der Waals surface area contributed by atoms with Crippen LogP contribution in [0.2, 0.25) is 10.0 Å². The summed E-state index contributed by atoms with van der Waals surface area (Å²) in [7, 11) is 1.53. The van der Waals surface area contributed by atoms with E-state index in [1.54, 1.807) is 18.2 Å². The predicted octanol–water partition coefficient (Wildman–Crippen LogP) is 4.19. The molecule has 1 atom stereocenters. The molecular weight excluding hydrogens is 367 g/mol. The molecule has 1 amide bonds. The molecule has 25 heavy (non-hydrogen) atoms. The van der Waals surface area contributed by atoms with Gasteiger partial charge >= 0.3 is 0 Å². The number of halogens is 2. The number of rotatable bonds is 6. The van der Waals surface area contributed by atoms with Crippen molar-refractivity contribution in [3.05, 3.63) is 73.8 Å². The number of carbonyl (C=O) groups is 1. The van der Waals surface area contributed by atoms with Crippen LogP contribution in [-0.2, 0) is 10.3 Å². The van der Waals surface area contributed by atoms with E-state index in [1.807, 2.05) is 13.0 Å². The van der Waals surface area contributed by atoms with E-state index in [9.17, 15) is 14.9 Å². The highest BCUT2D eigenvalue weighted by Crippen LogP contribution is 2.27. The number of nitro benzene ring substituents is 1. The van der Waals surface area contributed by atoms with Gasteiger partial charge in [0.15, 0.2) is 0 Å². The first-order chi connectivity index (χ1) is 11.8. The van der Waals surface area contributed by atoms with Crippen molar-refractivity contribution in [1.29, 1.82) is 0 Å². The van der Waals surface area contributed by atoms with Crippen LogP contribution in [0.1, 0.15) is 22.8 Å².